The average molecular weight is 480 g/mol. The first kappa shape index (κ1) is 26.4. The number of carboxylic acid groups (broad SMARTS) is 1. The number of carbonyl (C=O) groups excluding carboxylic acids is 3. The van der Waals surface area contributed by atoms with Crippen molar-refractivity contribution in [2.75, 3.05) is 6.54 Å². The van der Waals surface area contributed by atoms with Crippen molar-refractivity contribution < 1.29 is 29.4 Å². The summed E-state index contributed by atoms with van der Waals surface area (Å²) in [6, 6.07) is -2.48. The van der Waals surface area contributed by atoms with Gasteiger partial charge >= 0.3 is 5.97 Å². The fourth-order valence-corrected chi connectivity index (χ4v) is 5.36. The van der Waals surface area contributed by atoms with E-state index in [0.717, 1.165) is 12.8 Å². The first-order chi connectivity index (χ1) is 15.6. The van der Waals surface area contributed by atoms with Crippen LogP contribution in [0.15, 0.2) is 0 Å². The molecule has 1 heterocycles. The molecule has 3 amide bonds. The molecule has 4 N–H and O–H groups in total. The van der Waals surface area contributed by atoms with Gasteiger partial charge in [0.2, 0.25) is 17.7 Å². The summed E-state index contributed by atoms with van der Waals surface area (Å²) in [5.41, 5.74) is -0.687. The zero-order valence-electron chi connectivity index (χ0n) is 21.4. The van der Waals surface area contributed by atoms with Crippen LogP contribution in [0.3, 0.4) is 0 Å². The highest BCUT2D eigenvalue weighted by molar-refractivity contribution is 5.94. The van der Waals surface area contributed by atoms with Gasteiger partial charge in [-0.1, -0.05) is 61.3 Å². The minimum Gasteiger partial charge on any atom is -0.479 e. The standard InChI is InChI=1S/C25H41N3O6/c1-12(2)20(30)27-19(24(3,4)5)22(32)28-11-14-16(25(14,6)7)17(28)21(31)26-15(10-13-8-9-13)18(29)23(33)34/h12-19,29H,8-11H2,1-7H3,(H,26,31)(H,27,30)(H,33,34)/t14-,15?,16?,17?,18?,19+/m0/s1. The number of fused-ring (bicyclic) bond motifs is 1. The third-order valence-electron chi connectivity index (χ3n) is 7.93. The van der Waals surface area contributed by atoms with Gasteiger partial charge in [-0.3, -0.25) is 14.4 Å². The van der Waals surface area contributed by atoms with Gasteiger partial charge in [-0.2, -0.15) is 0 Å². The Kier molecular flexibility index (Phi) is 7.10. The van der Waals surface area contributed by atoms with Crippen LogP contribution in [0.25, 0.3) is 0 Å². The summed E-state index contributed by atoms with van der Waals surface area (Å²) >= 11 is 0. The molecule has 0 aromatic carbocycles. The van der Waals surface area contributed by atoms with Crippen LogP contribution in [0.2, 0.25) is 0 Å². The molecule has 0 aromatic heterocycles. The highest BCUT2D eigenvalue weighted by Gasteiger charge is 2.69. The van der Waals surface area contributed by atoms with Crippen LogP contribution < -0.4 is 10.6 Å². The fourth-order valence-electron chi connectivity index (χ4n) is 5.36. The smallest absolute Gasteiger partial charge is 0.334 e. The summed E-state index contributed by atoms with van der Waals surface area (Å²) in [5.74, 6) is -2.23. The minimum absolute atomic E-state index is 0.0542. The van der Waals surface area contributed by atoms with Gasteiger partial charge in [0.05, 0.1) is 6.04 Å². The topological polar surface area (TPSA) is 136 Å². The zero-order valence-corrected chi connectivity index (χ0v) is 21.4. The molecule has 2 saturated carbocycles. The largest absolute Gasteiger partial charge is 0.479 e. The van der Waals surface area contributed by atoms with Crippen LogP contribution in [-0.4, -0.2) is 69.6 Å². The lowest BCUT2D eigenvalue weighted by Crippen LogP contribution is -2.61. The van der Waals surface area contributed by atoms with Gasteiger partial charge < -0.3 is 25.7 Å². The number of hydrogen-bond acceptors (Lipinski definition) is 5. The van der Waals surface area contributed by atoms with Gasteiger partial charge in [-0.25, -0.2) is 4.79 Å². The zero-order chi connectivity index (χ0) is 25.7. The van der Waals surface area contributed by atoms with Crippen molar-refractivity contribution in [3.8, 4) is 0 Å². The van der Waals surface area contributed by atoms with Crippen molar-refractivity contribution in [3.63, 3.8) is 0 Å². The van der Waals surface area contributed by atoms with Crippen LogP contribution in [-0.2, 0) is 19.2 Å². The number of nitrogens with one attached hydrogen (secondary N) is 2. The van der Waals surface area contributed by atoms with E-state index in [9.17, 15) is 29.4 Å². The molecule has 9 heteroatoms. The van der Waals surface area contributed by atoms with Gasteiger partial charge in [0, 0.05) is 12.5 Å². The van der Waals surface area contributed by atoms with Gasteiger partial charge in [-0.05, 0) is 35.0 Å². The molecule has 4 unspecified atom stereocenters. The Balaban J connectivity index is 1.84. The molecular weight excluding hydrogens is 438 g/mol. The molecule has 3 rings (SSSR count). The van der Waals surface area contributed by atoms with Crippen molar-refractivity contribution in [1.82, 2.24) is 15.5 Å². The van der Waals surface area contributed by atoms with Crippen molar-refractivity contribution in [3.05, 3.63) is 0 Å². The molecule has 34 heavy (non-hydrogen) atoms. The predicted octanol–water partition coefficient (Wildman–Crippen LogP) is 1.39. The van der Waals surface area contributed by atoms with E-state index in [2.05, 4.69) is 24.5 Å². The molecule has 1 aliphatic heterocycles. The fraction of sp³-hybridized carbons (Fsp3) is 0.840. The molecule has 6 atom stereocenters. The monoisotopic (exact) mass is 479 g/mol. The number of likely N-dealkylation sites (tertiary alicyclic amines) is 1. The molecule has 9 nitrogen and oxygen atoms in total. The maximum atomic E-state index is 13.7. The molecular formula is C25H41N3O6. The highest BCUT2D eigenvalue weighted by Crippen LogP contribution is 2.65. The van der Waals surface area contributed by atoms with E-state index in [-0.39, 0.29) is 35.0 Å². The Morgan fingerprint density at radius 2 is 1.68 bits per heavy atom. The van der Waals surface area contributed by atoms with Crippen molar-refractivity contribution in [2.24, 2.45) is 34.5 Å². The molecule has 0 radical (unpaired) electrons. The number of piperidine rings is 1. The van der Waals surface area contributed by atoms with Crippen LogP contribution >= 0.6 is 0 Å². The Labute approximate surface area is 202 Å². The number of rotatable bonds is 9. The van der Waals surface area contributed by atoms with E-state index in [1.165, 1.54) is 0 Å². The number of aliphatic hydroxyl groups excluding tert-OH is 1. The lowest BCUT2D eigenvalue weighted by Gasteiger charge is -2.38. The quantitative estimate of drug-likeness (QED) is 0.395. The molecule has 2 aliphatic carbocycles. The number of nitrogens with zero attached hydrogens (tertiary/aromatic N) is 1. The molecule has 3 aliphatic rings. The second-order valence-corrected chi connectivity index (χ2v) is 12.4. The van der Waals surface area contributed by atoms with Gasteiger partial charge in [-0.15, -0.1) is 0 Å². The van der Waals surface area contributed by atoms with Crippen molar-refractivity contribution >= 4 is 23.7 Å². The lowest BCUT2D eigenvalue weighted by molar-refractivity contribution is -0.150. The molecule has 0 bridgehead atoms. The summed E-state index contributed by atoms with van der Waals surface area (Å²) in [7, 11) is 0. The Bertz CT molecular complexity index is 844. The SMILES string of the molecule is CC(C)C(=O)N[C@H](C(=O)N1C[C@H]2C(C1C(=O)NC(CC1CC1)C(O)C(=O)O)C2(C)C)C(C)(C)C. The van der Waals surface area contributed by atoms with E-state index in [4.69, 9.17) is 0 Å². The third kappa shape index (κ3) is 5.24. The molecule has 0 spiro atoms. The molecule has 1 saturated heterocycles. The normalized spacial score (nSPS) is 28.0. The summed E-state index contributed by atoms with van der Waals surface area (Å²) < 4.78 is 0. The predicted molar refractivity (Wildman–Crippen MR) is 125 cm³/mol. The maximum Gasteiger partial charge on any atom is 0.334 e. The molecule has 3 fully saturated rings. The summed E-state index contributed by atoms with van der Waals surface area (Å²) in [4.78, 5) is 52.7. The summed E-state index contributed by atoms with van der Waals surface area (Å²) in [6.07, 6.45) is 0.596. The van der Waals surface area contributed by atoms with Gasteiger partial charge in [0.15, 0.2) is 6.10 Å². The van der Waals surface area contributed by atoms with E-state index < -0.39 is 41.5 Å². The maximum absolute atomic E-state index is 13.7. The first-order valence-corrected chi connectivity index (χ1v) is 12.4. The summed E-state index contributed by atoms with van der Waals surface area (Å²) in [5, 5.41) is 25.2. The average Bonchev–Trinajstić information content (AvgIpc) is 3.56. The number of carbonyl (C=O) groups is 4. The Morgan fingerprint density at radius 1 is 1.09 bits per heavy atom. The number of carboxylic acids is 1. The van der Waals surface area contributed by atoms with Crippen LogP contribution in [0, 0.1) is 34.5 Å². The molecule has 0 aromatic rings. The van der Waals surface area contributed by atoms with Gasteiger partial charge in [0.1, 0.15) is 12.1 Å². The van der Waals surface area contributed by atoms with Crippen LogP contribution in [0.1, 0.15) is 67.7 Å². The van der Waals surface area contributed by atoms with Crippen LogP contribution in [0.4, 0.5) is 0 Å². The number of amides is 3. The second-order valence-electron chi connectivity index (χ2n) is 12.4. The summed E-state index contributed by atoms with van der Waals surface area (Å²) in [6.45, 7) is 13.7. The Hall–Kier alpha value is -2.16. The Morgan fingerprint density at radius 3 is 2.15 bits per heavy atom. The van der Waals surface area contributed by atoms with Crippen molar-refractivity contribution in [1.29, 1.82) is 0 Å². The lowest BCUT2D eigenvalue weighted by atomic mass is 9.84. The van der Waals surface area contributed by atoms with Gasteiger partial charge in [0.25, 0.3) is 0 Å². The van der Waals surface area contributed by atoms with Crippen molar-refractivity contribution in [2.45, 2.75) is 92.0 Å². The minimum atomic E-state index is -1.70. The van der Waals surface area contributed by atoms with E-state index >= 15 is 0 Å². The number of hydrogen-bond donors (Lipinski definition) is 4. The van der Waals surface area contributed by atoms with E-state index in [1.54, 1.807) is 18.7 Å². The first-order valence-electron chi connectivity index (χ1n) is 12.4. The van der Waals surface area contributed by atoms with Crippen LogP contribution in [0.5, 0.6) is 0 Å². The number of aliphatic hydroxyl groups is 1. The van der Waals surface area contributed by atoms with E-state index in [1.807, 2.05) is 20.8 Å². The van der Waals surface area contributed by atoms with E-state index in [0.29, 0.717) is 18.9 Å². The third-order valence-corrected chi connectivity index (χ3v) is 7.93. The number of aliphatic carboxylic acids is 1. The molecule has 192 valence electrons. The second kappa shape index (κ2) is 9.13. The highest BCUT2D eigenvalue weighted by atomic mass is 16.4.